The third-order valence-corrected chi connectivity index (χ3v) is 5.31. The Labute approximate surface area is 167 Å². The molecular weight excluding hydrogens is 350 g/mol. The number of hydrogen-bond acceptors (Lipinski definition) is 3. The van der Waals surface area contributed by atoms with Gasteiger partial charge in [0.1, 0.15) is 5.41 Å². The van der Waals surface area contributed by atoms with Crippen molar-refractivity contribution in [3.63, 3.8) is 0 Å². The van der Waals surface area contributed by atoms with Crippen molar-refractivity contribution in [1.29, 1.82) is 0 Å². The van der Waals surface area contributed by atoms with Crippen molar-refractivity contribution in [2.24, 2.45) is 5.41 Å². The zero-order valence-electron chi connectivity index (χ0n) is 17.2. The standard InChI is InChI=1S/C23H29N3O2/c1-17-7-5-9-19(15-17)24-21(27)23(3,4)22(28)26-13-11-25(12-14-26)20-10-6-8-18(2)16-20/h5-10,15-16H,11-14H2,1-4H3,(H,24,27). The molecule has 0 aliphatic carbocycles. The topological polar surface area (TPSA) is 52.7 Å². The summed E-state index contributed by atoms with van der Waals surface area (Å²) < 4.78 is 0. The second-order valence-corrected chi connectivity index (χ2v) is 8.07. The third kappa shape index (κ3) is 4.35. The van der Waals surface area contributed by atoms with Gasteiger partial charge < -0.3 is 15.1 Å². The molecule has 0 spiro atoms. The molecule has 0 unspecified atom stereocenters. The Morgan fingerprint density at radius 3 is 2.11 bits per heavy atom. The Hall–Kier alpha value is -2.82. The molecule has 0 radical (unpaired) electrons. The first-order valence-electron chi connectivity index (χ1n) is 9.76. The normalized spacial score (nSPS) is 14.7. The van der Waals surface area contributed by atoms with Crippen LogP contribution in [0.5, 0.6) is 0 Å². The first-order chi connectivity index (χ1) is 13.3. The predicted molar refractivity (Wildman–Crippen MR) is 114 cm³/mol. The number of piperazine rings is 1. The van der Waals surface area contributed by atoms with Gasteiger partial charge in [0.2, 0.25) is 11.8 Å². The van der Waals surface area contributed by atoms with E-state index in [-0.39, 0.29) is 11.8 Å². The fraction of sp³-hybridized carbons (Fsp3) is 0.391. The van der Waals surface area contributed by atoms with Crippen LogP contribution in [-0.4, -0.2) is 42.9 Å². The fourth-order valence-corrected chi connectivity index (χ4v) is 3.49. The summed E-state index contributed by atoms with van der Waals surface area (Å²) in [6, 6.07) is 16.0. The van der Waals surface area contributed by atoms with Crippen molar-refractivity contribution < 1.29 is 9.59 Å². The molecule has 1 fully saturated rings. The maximum absolute atomic E-state index is 13.1. The molecular formula is C23H29N3O2. The van der Waals surface area contributed by atoms with Crippen LogP contribution in [0.4, 0.5) is 11.4 Å². The molecule has 5 heteroatoms. The number of hydrogen-bond donors (Lipinski definition) is 1. The number of amides is 2. The lowest BCUT2D eigenvalue weighted by Crippen LogP contribution is -2.54. The molecule has 28 heavy (non-hydrogen) atoms. The molecule has 148 valence electrons. The van der Waals surface area contributed by atoms with Gasteiger partial charge in [0.15, 0.2) is 0 Å². The first kappa shape index (κ1) is 19.9. The second kappa shape index (κ2) is 8.05. The number of carbonyl (C=O) groups is 2. The van der Waals surface area contributed by atoms with Crippen LogP contribution < -0.4 is 10.2 Å². The van der Waals surface area contributed by atoms with E-state index in [0.29, 0.717) is 13.1 Å². The summed E-state index contributed by atoms with van der Waals surface area (Å²) in [6.45, 7) is 10.2. The highest BCUT2D eigenvalue weighted by Gasteiger charge is 2.40. The molecule has 5 nitrogen and oxygen atoms in total. The molecule has 1 saturated heterocycles. The minimum absolute atomic E-state index is 0.124. The van der Waals surface area contributed by atoms with Gasteiger partial charge in [-0.05, 0) is 63.1 Å². The molecule has 0 saturated carbocycles. The van der Waals surface area contributed by atoms with E-state index in [0.717, 1.165) is 24.3 Å². The van der Waals surface area contributed by atoms with Crippen molar-refractivity contribution in [3.05, 3.63) is 59.7 Å². The van der Waals surface area contributed by atoms with Crippen LogP contribution in [-0.2, 0) is 9.59 Å². The summed E-state index contributed by atoms with van der Waals surface area (Å²) in [7, 11) is 0. The van der Waals surface area contributed by atoms with Crippen molar-refractivity contribution in [2.45, 2.75) is 27.7 Å². The average molecular weight is 380 g/mol. The molecule has 2 aromatic carbocycles. The molecule has 1 heterocycles. The molecule has 1 aliphatic rings. The Kier molecular flexibility index (Phi) is 5.73. The Morgan fingerprint density at radius 1 is 0.893 bits per heavy atom. The van der Waals surface area contributed by atoms with Crippen molar-refractivity contribution in [1.82, 2.24) is 4.90 Å². The molecule has 0 aromatic heterocycles. The van der Waals surface area contributed by atoms with Gasteiger partial charge in [0.25, 0.3) is 0 Å². The summed E-state index contributed by atoms with van der Waals surface area (Å²) in [5.41, 5.74) is 3.08. The van der Waals surface area contributed by atoms with Gasteiger partial charge in [-0.3, -0.25) is 9.59 Å². The second-order valence-electron chi connectivity index (χ2n) is 8.07. The van der Waals surface area contributed by atoms with Gasteiger partial charge >= 0.3 is 0 Å². The zero-order chi connectivity index (χ0) is 20.3. The summed E-state index contributed by atoms with van der Waals surface area (Å²) in [4.78, 5) is 29.9. The van der Waals surface area contributed by atoms with Crippen LogP contribution in [0.15, 0.2) is 48.5 Å². The molecule has 1 aliphatic heterocycles. The van der Waals surface area contributed by atoms with E-state index in [2.05, 4.69) is 41.4 Å². The molecule has 2 amide bonds. The fourth-order valence-electron chi connectivity index (χ4n) is 3.49. The SMILES string of the molecule is Cc1cccc(NC(=O)C(C)(C)C(=O)N2CCN(c3cccc(C)c3)CC2)c1. The minimum Gasteiger partial charge on any atom is -0.368 e. The summed E-state index contributed by atoms with van der Waals surface area (Å²) in [5, 5.41) is 2.89. The number of aryl methyl sites for hydroxylation is 2. The maximum Gasteiger partial charge on any atom is 0.239 e. The molecule has 0 atom stereocenters. The average Bonchev–Trinajstić information content (AvgIpc) is 2.67. The molecule has 1 N–H and O–H groups in total. The summed E-state index contributed by atoms with van der Waals surface area (Å²) >= 11 is 0. The summed E-state index contributed by atoms with van der Waals surface area (Å²) in [5.74, 6) is -0.397. The maximum atomic E-state index is 13.1. The Morgan fingerprint density at radius 2 is 1.50 bits per heavy atom. The monoisotopic (exact) mass is 379 g/mol. The van der Waals surface area contributed by atoms with Gasteiger partial charge in [-0.1, -0.05) is 24.3 Å². The van der Waals surface area contributed by atoms with E-state index >= 15 is 0 Å². The van der Waals surface area contributed by atoms with Gasteiger partial charge in [-0.25, -0.2) is 0 Å². The highest BCUT2D eigenvalue weighted by molar-refractivity contribution is 6.09. The highest BCUT2D eigenvalue weighted by Crippen LogP contribution is 2.24. The van der Waals surface area contributed by atoms with Crippen LogP contribution in [0.3, 0.4) is 0 Å². The third-order valence-electron chi connectivity index (χ3n) is 5.31. The number of rotatable bonds is 4. The van der Waals surface area contributed by atoms with Crippen LogP contribution >= 0.6 is 0 Å². The predicted octanol–water partition coefficient (Wildman–Crippen LogP) is 3.62. The number of benzene rings is 2. The van der Waals surface area contributed by atoms with E-state index < -0.39 is 5.41 Å². The number of anilines is 2. The lowest BCUT2D eigenvalue weighted by molar-refractivity contribution is -0.146. The number of nitrogens with zero attached hydrogens (tertiary/aromatic N) is 2. The van der Waals surface area contributed by atoms with Crippen molar-refractivity contribution >= 4 is 23.2 Å². The highest BCUT2D eigenvalue weighted by atomic mass is 16.2. The first-order valence-corrected chi connectivity index (χ1v) is 9.76. The number of nitrogens with one attached hydrogen (secondary N) is 1. The van der Waals surface area contributed by atoms with E-state index in [1.807, 2.05) is 36.1 Å². The Balaban J connectivity index is 1.62. The van der Waals surface area contributed by atoms with E-state index in [1.165, 1.54) is 11.3 Å². The van der Waals surface area contributed by atoms with Crippen molar-refractivity contribution in [3.8, 4) is 0 Å². The van der Waals surface area contributed by atoms with Crippen LogP contribution in [0, 0.1) is 19.3 Å². The molecule has 2 aromatic rings. The van der Waals surface area contributed by atoms with Gasteiger partial charge in [0.05, 0.1) is 0 Å². The van der Waals surface area contributed by atoms with E-state index in [9.17, 15) is 9.59 Å². The molecule has 0 bridgehead atoms. The van der Waals surface area contributed by atoms with Gasteiger partial charge in [-0.2, -0.15) is 0 Å². The lowest BCUT2D eigenvalue weighted by Gasteiger charge is -2.39. The summed E-state index contributed by atoms with van der Waals surface area (Å²) in [6.07, 6.45) is 0. The van der Waals surface area contributed by atoms with Crippen LogP contribution in [0.25, 0.3) is 0 Å². The Bertz CT molecular complexity index is 868. The van der Waals surface area contributed by atoms with Crippen LogP contribution in [0.2, 0.25) is 0 Å². The van der Waals surface area contributed by atoms with Crippen molar-refractivity contribution in [2.75, 3.05) is 36.4 Å². The number of carbonyl (C=O) groups excluding carboxylic acids is 2. The van der Waals surface area contributed by atoms with Gasteiger partial charge in [0, 0.05) is 37.6 Å². The minimum atomic E-state index is -1.12. The largest absolute Gasteiger partial charge is 0.368 e. The quantitative estimate of drug-likeness (QED) is 0.826. The zero-order valence-corrected chi connectivity index (χ0v) is 17.2. The van der Waals surface area contributed by atoms with E-state index in [4.69, 9.17) is 0 Å². The van der Waals surface area contributed by atoms with Gasteiger partial charge in [-0.15, -0.1) is 0 Å². The molecule has 3 rings (SSSR count). The smallest absolute Gasteiger partial charge is 0.239 e. The van der Waals surface area contributed by atoms with E-state index in [1.54, 1.807) is 13.8 Å². The van der Waals surface area contributed by atoms with Crippen LogP contribution in [0.1, 0.15) is 25.0 Å². The lowest BCUT2D eigenvalue weighted by atomic mass is 9.89.